The number of ketones is 1. The standard InChI is InChI=1S/C22H26N2O/c1-4-24-19-13-9-8-12-18(19)21(20(25)15-23-14-16(2)3)22(24)17-10-6-5-7-11-17/h5-13,16,23H,4,14-15H2,1-3H3. The minimum Gasteiger partial charge on any atom is -0.340 e. The maximum absolute atomic E-state index is 13.1. The van der Waals surface area contributed by atoms with Gasteiger partial charge in [-0.3, -0.25) is 4.79 Å². The molecule has 25 heavy (non-hydrogen) atoms. The van der Waals surface area contributed by atoms with Gasteiger partial charge in [0.05, 0.1) is 17.8 Å². The van der Waals surface area contributed by atoms with Crippen molar-refractivity contribution in [3.05, 3.63) is 60.2 Å². The first-order chi connectivity index (χ1) is 12.1. The highest BCUT2D eigenvalue weighted by Gasteiger charge is 2.22. The predicted molar refractivity (Wildman–Crippen MR) is 105 cm³/mol. The summed E-state index contributed by atoms with van der Waals surface area (Å²) in [6.45, 7) is 8.47. The summed E-state index contributed by atoms with van der Waals surface area (Å²) >= 11 is 0. The molecule has 0 aliphatic rings. The van der Waals surface area contributed by atoms with Crippen molar-refractivity contribution < 1.29 is 4.79 Å². The van der Waals surface area contributed by atoms with E-state index in [1.54, 1.807) is 0 Å². The highest BCUT2D eigenvalue weighted by molar-refractivity contribution is 6.14. The summed E-state index contributed by atoms with van der Waals surface area (Å²) in [6.07, 6.45) is 0. The maximum atomic E-state index is 13.1. The van der Waals surface area contributed by atoms with E-state index < -0.39 is 0 Å². The number of fused-ring (bicyclic) bond motifs is 1. The Balaban J connectivity index is 2.14. The van der Waals surface area contributed by atoms with Gasteiger partial charge in [0.15, 0.2) is 5.78 Å². The van der Waals surface area contributed by atoms with Gasteiger partial charge in [0.2, 0.25) is 0 Å². The second-order valence-electron chi connectivity index (χ2n) is 6.80. The molecule has 1 N–H and O–H groups in total. The van der Waals surface area contributed by atoms with Crippen molar-refractivity contribution in [2.75, 3.05) is 13.1 Å². The quantitative estimate of drug-likeness (QED) is 0.632. The summed E-state index contributed by atoms with van der Waals surface area (Å²) in [5, 5.41) is 4.34. The molecule has 3 rings (SSSR count). The first kappa shape index (κ1) is 17.4. The Morgan fingerprint density at radius 1 is 1.04 bits per heavy atom. The Hall–Kier alpha value is -2.39. The van der Waals surface area contributed by atoms with Crippen molar-refractivity contribution in [2.45, 2.75) is 27.3 Å². The highest BCUT2D eigenvalue weighted by Crippen LogP contribution is 2.34. The molecule has 3 heteroatoms. The van der Waals surface area contributed by atoms with Gasteiger partial charge in [0.25, 0.3) is 0 Å². The molecule has 0 radical (unpaired) electrons. The zero-order valence-corrected chi connectivity index (χ0v) is 15.3. The van der Waals surface area contributed by atoms with E-state index in [2.05, 4.69) is 54.9 Å². The minimum atomic E-state index is 0.155. The summed E-state index contributed by atoms with van der Waals surface area (Å²) in [5.41, 5.74) is 4.07. The molecule has 1 aromatic heterocycles. The van der Waals surface area contributed by atoms with Gasteiger partial charge in [-0.25, -0.2) is 0 Å². The Labute approximate surface area is 149 Å². The van der Waals surface area contributed by atoms with Crippen LogP contribution in [0.2, 0.25) is 0 Å². The van der Waals surface area contributed by atoms with Gasteiger partial charge in [-0.05, 0) is 31.0 Å². The van der Waals surface area contributed by atoms with E-state index in [9.17, 15) is 4.79 Å². The fourth-order valence-electron chi connectivity index (χ4n) is 3.37. The van der Waals surface area contributed by atoms with E-state index in [0.717, 1.165) is 40.8 Å². The molecule has 0 unspecified atom stereocenters. The molecular formula is C22H26N2O. The summed E-state index contributed by atoms with van der Waals surface area (Å²) in [4.78, 5) is 13.1. The number of Topliss-reactive ketones (excluding diaryl/α,β-unsaturated/α-hetero) is 1. The number of carbonyl (C=O) groups excluding carboxylic acids is 1. The second kappa shape index (κ2) is 7.66. The van der Waals surface area contributed by atoms with Gasteiger partial charge in [0.1, 0.15) is 0 Å². The fourth-order valence-corrected chi connectivity index (χ4v) is 3.37. The van der Waals surface area contributed by atoms with Gasteiger partial charge in [0, 0.05) is 17.4 Å². The normalized spacial score (nSPS) is 11.4. The lowest BCUT2D eigenvalue weighted by Gasteiger charge is -2.11. The van der Waals surface area contributed by atoms with Gasteiger partial charge >= 0.3 is 0 Å². The van der Waals surface area contributed by atoms with Crippen LogP contribution < -0.4 is 5.32 Å². The van der Waals surface area contributed by atoms with Crippen molar-refractivity contribution >= 4 is 16.7 Å². The summed E-state index contributed by atoms with van der Waals surface area (Å²) in [5.74, 6) is 0.682. The van der Waals surface area contributed by atoms with Crippen LogP contribution in [0.3, 0.4) is 0 Å². The first-order valence-electron chi connectivity index (χ1n) is 9.04. The van der Waals surface area contributed by atoms with E-state index in [1.807, 2.05) is 30.3 Å². The molecule has 0 aliphatic carbocycles. The van der Waals surface area contributed by atoms with Gasteiger partial charge in [-0.1, -0.05) is 62.4 Å². The monoisotopic (exact) mass is 334 g/mol. The zero-order chi connectivity index (χ0) is 17.8. The molecule has 0 atom stereocenters. The number of nitrogens with zero attached hydrogens (tertiary/aromatic N) is 1. The third-order valence-electron chi connectivity index (χ3n) is 4.45. The maximum Gasteiger partial charge on any atom is 0.179 e. The fraction of sp³-hybridized carbons (Fsp3) is 0.318. The summed E-state index contributed by atoms with van der Waals surface area (Å²) in [7, 11) is 0. The van der Waals surface area contributed by atoms with Crippen LogP contribution >= 0.6 is 0 Å². The van der Waals surface area contributed by atoms with Crippen molar-refractivity contribution in [2.24, 2.45) is 5.92 Å². The number of hydrogen-bond acceptors (Lipinski definition) is 2. The first-order valence-corrected chi connectivity index (χ1v) is 9.04. The van der Waals surface area contributed by atoms with E-state index in [1.165, 1.54) is 0 Å². The molecule has 1 heterocycles. The Kier molecular flexibility index (Phi) is 5.34. The molecule has 0 bridgehead atoms. The number of hydrogen-bond donors (Lipinski definition) is 1. The Bertz CT molecular complexity index is 862. The third-order valence-corrected chi connectivity index (χ3v) is 4.45. The number of rotatable bonds is 7. The van der Waals surface area contributed by atoms with Gasteiger partial charge in [-0.15, -0.1) is 0 Å². The van der Waals surface area contributed by atoms with E-state index in [-0.39, 0.29) is 5.78 Å². The van der Waals surface area contributed by atoms with Crippen LogP contribution in [-0.2, 0) is 6.54 Å². The predicted octanol–water partition coefficient (Wildman–Crippen LogP) is 4.76. The molecule has 3 aromatic rings. The largest absolute Gasteiger partial charge is 0.340 e. The van der Waals surface area contributed by atoms with Crippen LogP contribution in [0.1, 0.15) is 31.1 Å². The van der Waals surface area contributed by atoms with Gasteiger partial charge in [-0.2, -0.15) is 0 Å². The molecule has 0 saturated carbocycles. The Morgan fingerprint density at radius 2 is 1.72 bits per heavy atom. The van der Waals surface area contributed by atoms with Crippen LogP contribution in [0, 0.1) is 5.92 Å². The topological polar surface area (TPSA) is 34.0 Å². The molecule has 3 nitrogen and oxygen atoms in total. The average molecular weight is 334 g/mol. The van der Waals surface area contributed by atoms with Crippen LogP contribution in [0.15, 0.2) is 54.6 Å². The van der Waals surface area contributed by atoms with Crippen LogP contribution in [-0.4, -0.2) is 23.4 Å². The smallest absolute Gasteiger partial charge is 0.179 e. The molecule has 0 aliphatic heterocycles. The highest BCUT2D eigenvalue weighted by atomic mass is 16.1. The number of aromatic nitrogens is 1. The number of para-hydroxylation sites is 1. The van der Waals surface area contributed by atoms with E-state index in [0.29, 0.717) is 12.5 Å². The third kappa shape index (κ3) is 3.52. The van der Waals surface area contributed by atoms with Crippen LogP contribution in [0.25, 0.3) is 22.2 Å². The van der Waals surface area contributed by atoms with E-state index in [4.69, 9.17) is 0 Å². The molecular weight excluding hydrogens is 308 g/mol. The van der Waals surface area contributed by atoms with Crippen molar-refractivity contribution in [1.82, 2.24) is 9.88 Å². The molecule has 130 valence electrons. The number of nitrogens with one attached hydrogen (secondary N) is 1. The molecule has 0 saturated heterocycles. The van der Waals surface area contributed by atoms with Crippen molar-refractivity contribution in [3.8, 4) is 11.3 Å². The lowest BCUT2D eigenvalue weighted by molar-refractivity contribution is 0.0992. The molecule has 0 spiro atoms. The lowest BCUT2D eigenvalue weighted by Crippen LogP contribution is -2.26. The average Bonchev–Trinajstić information content (AvgIpc) is 2.96. The van der Waals surface area contributed by atoms with Crippen molar-refractivity contribution in [3.63, 3.8) is 0 Å². The van der Waals surface area contributed by atoms with Crippen LogP contribution in [0.4, 0.5) is 0 Å². The van der Waals surface area contributed by atoms with Crippen molar-refractivity contribution in [1.29, 1.82) is 0 Å². The number of aryl methyl sites for hydroxylation is 1. The summed E-state index contributed by atoms with van der Waals surface area (Å²) in [6, 6.07) is 18.4. The SMILES string of the molecule is CCn1c(-c2ccccc2)c(C(=O)CNCC(C)C)c2ccccc21. The van der Waals surface area contributed by atoms with Gasteiger partial charge < -0.3 is 9.88 Å². The van der Waals surface area contributed by atoms with Crippen LogP contribution in [0.5, 0.6) is 0 Å². The Morgan fingerprint density at radius 3 is 2.40 bits per heavy atom. The molecule has 0 fully saturated rings. The minimum absolute atomic E-state index is 0.155. The van der Waals surface area contributed by atoms with E-state index >= 15 is 0 Å². The molecule has 2 aromatic carbocycles. The lowest BCUT2D eigenvalue weighted by atomic mass is 10.0. The second-order valence-corrected chi connectivity index (χ2v) is 6.80. The number of carbonyl (C=O) groups is 1. The number of benzene rings is 2. The summed E-state index contributed by atoms with van der Waals surface area (Å²) < 4.78 is 2.25. The zero-order valence-electron chi connectivity index (χ0n) is 15.3. The molecule has 0 amide bonds.